The van der Waals surface area contributed by atoms with Gasteiger partial charge in [0.1, 0.15) is 5.82 Å². The average molecular weight is 296 g/mol. The van der Waals surface area contributed by atoms with E-state index in [4.69, 9.17) is 11.6 Å². The van der Waals surface area contributed by atoms with E-state index in [2.05, 4.69) is 42.0 Å². The molecule has 1 aliphatic rings. The van der Waals surface area contributed by atoms with Crippen molar-refractivity contribution < 1.29 is 0 Å². The average Bonchev–Trinajstić information content (AvgIpc) is 2.38. The molecule has 1 saturated heterocycles. The van der Waals surface area contributed by atoms with Crippen LogP contribution in [-0.4, -0.2) is 24.6 Å². The molecular weight excluding hydrogens is 270 g/mol. The van der Waals surface area contributed by atoms with Gasteiger partial charge in [-0.25, -0.2) is 4.98 Å². The van der Waals surface area contributed by atoms with E-state index in [9.17, 15) is 0 Å². The third-order valence-corrected chi connectivity index (χ3v) is 3.99. The molecule has 0 spiro atoms. The van der Waals surface area contributed by atoms with E-state index in [0.717, 1.165) is 48.5 Å². The zero-order valence-electron chi connectivity index (χ0n) is 12.8. The molecule has 0 amide bonds. The number of halogens is 1. The molecule has 4 heteroatoms. The zero-order chi connectivity index (χ0) is 14.5. The SMILES string of the molecule is CC(C)CNCc1cnc(N2CCCC(C)C2)c(Cl)c1. The molecule has 2 rings (SSSR count). The van der Waals surface area contributed by atoms with E-state index in [1.54, 1.807) is 0 Å². The molecule has 1 unspecified atom stereocenters. The van der Waals surface area contributed by atoms with Crippen molar-refractivity contribution in [3.8, 4) is 0 Å². The maximum absolute atomic E-state index is 6.42. The molecule has 1 fully saturated rings. The van der Waals surface area contributed by atoms with Gasteiger partial charge in [-0.1, -0.05) is 32.4 Å². The third kappa shape index (κ3) is 4.35. The number of nitrogens with one attached hydrogen (secondary N) is 1. The van der Waals surface area contributed by atoms with Crippen molar-refractivity contribution in [3.63, 3.8) is 0 Å². The summed E-state index contributed by atoms with van der Waals surface area (Å²) in [6.07, 6.45) is 4.50. The van der Waals surface area contributed by atoms with E-state index in [1.165, 1.54) is 12.8 Å². The summed E-state index contributed by atoms with van der Waals surface area (Å²) in [4.78, 5) is 6.91. The van der Waals surface area contributed by atoms with Crippen LogP contribution in [0.1, 0.15) is 39.2 Å². The summed E-state index contributed by atoms with van der Waals surface area (Å²) in [5.41, 5.74) is 1.16. The highest BCUT2D eigenvalue weighted by Gasteiger charge is 2.19. The fraction of sp³-hybridized carbons (Fsp3) is 0.688. The van der Waals surface area contributed by atoms with Crippen LogP contribution in [0.3, 0.4) is 0 Å². The second-order valence-electron chi connectivity index (χ2n) is 6.37. The third-order valence-electron chi connectivity index (χ3n) is 3.72. The normalized spacial score (nSPS) is 19.6. The van der Waals surface area contributed by atoms with Crippen molar-refractivity contribution in [1.82, 2.24) is 10.3 Å². The van der Waals surface area contributed by atoms with Gasteiger partial charge >= 0.3 is 0 Å². The Morgan fingerprint density at radius 2 is 2.30 bits per heavy atom. The van der Waals surface area contributed by atoms with Crippen LogP contribution in [0.15, 0.2) is 12.3 Å². The van der Waals surface area contributed by atoms with Crippen LogP contribution < -0.4 is 10.2 Å². The smallest absolute Gasteiger partial charge is 0.147 e. The Balaban J connectivity index is 1.98. The van der Waals surface area contributed by atoms with Gasteiger partial charge in [0.2, 0.25) is 0 Å². The van der Waals surface area contributed by atoms with Crippen molar-refractivity contribution in [1.29, 1.82) is 0 Å². The maximum Gasteiger partial charge on any atom is 0.147 e. The monoisotopic (exact) mass is 295 g/mol. The fourth-order valence-corrected chi connectivity index (χ4v) is 3.00. The Morgan fingerprint density at radius 1 is 1.50 bits per heavy atom. The van der Waals surface area contributed by atoms with Gasteiger partial charge < -0.3 is 10.2 Å². The number of hydrogen-bond acceptors (Lipinski definition) is 3. The second kappa shape index (κ2) is 7.28. The van der Waals surface area contributed by atoms with Crippen LogP contribution in [0.25, 0.3) is 0 Å². The standard InChI is InChI=1S/C16H26ClN3/c1-12(2)8-18-9-14-7-15(17)16(19-10-14)20-6-4-5-13(3)11-20/h7,10,12-13,18H,4-6,8-9,11H2,1-3H3. The second-order valence-corrected chi connectivity index (χ2v) is 6.77. The van der Waals surface area contributed by atoms with Gasteiger partial charge in [-0.2, -0.15) is 0 Å². The van der Waals surface area contributed by atoms with E-state index < -0.39 is 0 Å². The first-order valence-electron chi connectivity index (χ1n) is 7.66. The first-order chi connectivity index (χ1) is 9.56. The first kappa shape index (κ1) is 15.6. The molecule has 0 aromatic carbocycles. The van der Waals surface area contributed by atoms with Gasteiger partial charge in [-0.05, 0) is 42.9 Å². The predicted octanol–water partition coefficient (Wildman–Crippen LogP) is 3.72. The molecule has 112 valence electrons. The first-order valence-corrected chi connectivity index (χ1v) is 8.04. The van der Waals surface area contributed by atoms with E-state index in [0.29, 0.717) is 5.92 Å². The van der Waals surface area contributed by atoms with E-state index in [1.807, 2.05) is 6.20 Å². The Kier molecular flexibility index (Phi) is 5.67. The lowest BCUT2D eigenvalue weighted by Gasteiger charge is -2.32. The van der Waals surface area contributed by atoms with Gasteiger partial charge in [-0.15, -0.1) is 0 Å². The van der Waals surface area contributed by atoms with E-state index >= 15 is 0 Å². The highest BCUT2D eigenvalue weighted by Crippen LogP contribution is 2.28. The molecule has 3 nitrogen and oxygen atoms in total. The van der Waals surface area contributed by atoms with Gasteiger partial charge in [-0.3, -0.25) is 0 Å². The van der Waals surface area contributed by atoms with Crippen molar-refractivity contribution >= 4 is 17.4 Å². The lowest BCUT2D eigenvalue weighted by atomic mass is 10.0. The molecule has 1 aliphatic heterocycles. The summed E-state index contributed by atoms with van der Waals surface area (Å²) in [6.45, 7) is 10.7. The molecule has 0 radical (unpaired) electrons. The van der Waals surface area contributed by atoms with Crippen molar-refractivity contribution in [2.24, 2.45) is 11.8 Å². The molecule has 1 N–H and O–H groups in total. The molecule has 0 saturated carbocycles. The van der Waals surface area contributed by atoms with Crippen molar-refractivity contribution in [2.45, 2.75) is 40.2 Å². The number of hydrogen-bond donors (Lipinski definition) is 1. The summed E-state index contributed by atoms with van der Waals surface area (Å²) < 4.78 is 0. The Hall–Kier alpha value is -0.800. The highest BCUT2D eigenvalue weighted by atomic mass is 35.5. The Morgan fingerprint density at radius 3 is 2.95 bits per heavy atom. The summed E-state index contributed by atoms with van der Waals surface area (Å²) in [5, 5.41) is 4.20. The lowest BCUT2D eigenvalue weighted by molar-refractivity contribution is 0.444. The largest absolute Gasteiger partial charge is 0.355 e. The Labute approximate surface area is 127 Å². The number of nitrogens with zero attached hydrogens (tertiary/aromatic N) is 2. The molecule has 20 heavy (non-hydrogen) atoms. The summed E-state index contributed by atoms with van der Waals surface area (Å²) in [6, 6.07) is 2.05. The minimum Gasteiger partial charge on any atom is -0.355 e. The van der Waals surface area contributed by atoms with Gasteiger partial charge in [0, 0.05) is 25.8 Å². The van der Waals surface area contributed by atoms with E-state index in [-0.39, 0.29) is 0 Å². The lowest BCUT2D eigenvalue weighted by Crippen LogP contribution is -2.35. The molecule has 2 heterocycles. The summed E-state index contributed by atoms with van der Waals surface area (Å²) in [7, 11) is 0. The number of piperidine rings is 1. The minimum atomic E-state index is 0.660. The predicted molar refractivity (Wildman–Crippen MR) is 86.4 cm³/mol. The van der Waals surface area contributed by atoms with Crippen molar-refractivity contribution in [2.75, 3.05) is 24.5 Å². The highest BCUT2D eigenvalue weighted by molar-refractivity contribution is 6.33. The molecule has 1 atom stereocenters. The molecular formula is C16H26ClN3. The number of aromatic nitrogens is 1. The van der Waals surface area contributed by atoms with Crippen LogP contribution in [0, 0.1) is 11.8 Å². The fourth-order valence-electron chi connectivity index (χ4n) is 2.69. The van der Waals surface area contributed by atoms with Crippen LogP contribution in [0.5, 0.6) is 0 Å². The summed E-state index contributed by atoms with van der Waals surface area (Å²) in [5.74, 6) is 2.34. The van der Waals surface area contributed by atoms with Gasteiger partial charge in [0.15, 0.2) is 0 Å². The minimum absolute atomic E-state index is 0.660. The van der Waals surface area contributed by atoms with Crippen LogP contribution in [-0.2, 0) is 6.54 Å². The summed E-state index contributed by atoms with van der Waals surface area (Å²) >= 11 is 6.42. The number of rotatable bonds is 5. The number of pyridine rings is 1. The quantitative estimate of drug-likeness (QED) is 0.897. The number of anilines is 1. The zero-order valence-corrected chi connectivity index (χ0v) is 13.6. The van der Waals surface area contributed by atoms with Crippen molar-refractivity contribution in [3.05, 3.63) is 22.8 Å². The van der Waals surface area contributed by atoms with Gasteiger partial charge in [0.05, 0.1) is 5.02 Å². The maximum atomic E-state index is 6.42. The Bertz CT molecular complexity index is 434. The van der Waals surface area contributed by atoms with Crippen LogP contribution in [0.4, 0.5) is 5.82 Å². The molecule has 0 aliphatic carbocycles. The van der Waals surface area contributed by atoms with Gasteiger partial charge in [0.25, 0.3) is 0 Å². The topological polar surface area (TPSA) is 28.2 Å². The molecule has 0 bridgehead atoms. The molecule has 1 aromatic rings. The molecule has 1 aromatic heterocycles. The van der Waals surface area contributed by atoms with Crippen LogP contribution in [0.2, 0.25) is 5.02 Å². The van der Waals surface area contributed by atoms with Crippen LogP contribution >= 0.6 is 11.6 Å².